The summed E-state index contributed by atoms with van der Waals surface area (Å²) in [5.41, 5.74) is 0.977. The molecule has 3 heterocycles. The van der Waals surface area contributed by atoms with E-state index in [1.165, 1.54) is 5.00 Å². The van der Waals surface area contributed by atoms with Crippen molar-refractivity contribution in [2.75, 3.05) is 0 Å². The fourth-order valence-corrected chi connectivity index (χ4v) is 2.30. The molecule has 0 saturated carbocycles. The Hall–Kier alpha value is -1.68. The molecule has 3 aromatic rings. The van der Waals surface area contributed by atoms with Crippen molar-refractivity contribution in [3.8, 4) is 5.00 Å². The quantitative estimate of drug-likeness (QED) is 0.625. The van der Waals surface area contributed by atoms with Crippen LogP contribution in [0.2, 0.25) is 0 Å². The summed E-state index contributed by atoms with van der Waals surface area (Å²) in [6.07, 6.45) is 3.90. The third-order valence-corrected chi connectivity index (χ3v) is 3.16. The average Bonchev–Trinajstić information content (AvgIpc) is 2.83. The zero-order valence-corrected chi connectivity index (χ0v) is 9.03. The Kier molecular flexibility index (Phi) is 1.82. The van der Waals surface area contributed by atoms with Crippen LogP contribution in [0.5, 0.6) is 0 Å². The molecule has 0 aliphatic heterocycles. The minimum absolute atomic E-state index is 0.805. The lowest BCUT2D eigenvalue weighted by Gasteiger charge is -2.00. The van der Waals surface area contributed by atoms with Crippen molar-refractivity contribution >= 4 is 22.4 Å². The highest BCUT2D eigenvalue weighted by Crippen LogP contribution is 2.21. The Labute approximate surface area is 91.0 Å². The monoisotopic (exact) mass is 215 g/mol. The Morgan fingerprint density at radius 2 is 2.27 bits per heavy atom. The average molecular weight is 215 g/mol. The zero-order valence-electron chi connectivity index (χ0n) is 8.21. The first kappa shape index (κ1) is 8.61. The van der Waals surface area contributed by atoms with Crippen LogP contribution in [0.15, 0.2) is 36.0 Å². The van der Waals surface area contributed by atoms with Crippen LogP contribution >= 0.6 is 11.3 Å². The molecule has 0 amide bonds. The number of hydrogen-bond donors (Lipinski definition) is 0. The van der Waals surface area contributed by atoms with Gasteiger partial charge in [-0.15, -0.1) is 11.3 Å². The molecule has 0 atom stereocenters. The van der Waals surface area contributed by atoms with Crippen molar-refractivity contribution in [3.05, 3.63) is 41.8 Å². The smallest absolute Gasteiger partial charge is 0.148 e. The number of aromatic nitrogens is 3. The second-order valence-electron chi connectivity index (χ2n) is 3.33. The molecule has 0 N–H and O–H groups in total. The topological polar surface area (TPSA) is 30.7 Å². The highest BCUT2D eigenvalue weighted by molar-refractivity contribution is 7.12. The number of rotatable bonds is 1. The SMILES string of the molecule is Cc1ncc2ccn(-c3cccs3)c2n1. The van der Waals surface area contributed by atoms with Gasteiger partial charge in [-0.05, 0) is 30.5 Å². The number of thiophene rings is 1. The maximum atomic E-state index is 4.45. The molecule has 0 saturated heterocycles. The van der Waals surface area contributed by atoms with E-state index in [2.05, 4.69) is 26.0 Å². The van der Waals surface area contributed by atoms with Crippen LogP contribution in [-0.2, 0) is 0 Å². The van der Waals surface area contributed by atoms with Gasteiger partial charge < -0.3 is 0 Å². The molecule has 0 unspecified atom stereocenters. The lowest BCUT2D eigenvalue weighted by molar-refractivity contribution is 1.04. The van der Waals surface area contributed by atoms with Gasteiger partial charge in [-0.25, -0.2) is 9.97 Å². The molecule has 0 aliphatic carbocycles. The van der Waals surface area contributed by atoms with Gasteiger partial charge in [-0.3, -0.25) is 4.57 Å². The summed E-state index contributed by atoms with van der Waals surface area (Å²) < 4.78 is 2.09. The first-order chi connectivity index (χ1) is 7.34. The summed E-state index contributed by atoms with van der Waals surface area (Å²) in [6.45, 7) is 1.91. The van der Waals surface area contributed by atoms with Crippen molar-refractivity contribution < 1.29 is 0 Å². The molecule has 3 aromatic heterocycles. The maximum Gasteiger partial charge on any atom is 0.148 e. The molecule has 3 nitrogen and oxygen atoms in total. The molecule has 0 spiro atoms. The zero-order chi connectivity index (χ0) is 10.3. The molecule has 15 heavy (non-hydrogen) atoms. The predicted octanol–water partition coefficient (Wildman–Crippen LogP) is 2.79. The number of nitrogens with zero attached hydrogens (tertiary/aromatic N) is 3. The van der Waals surface area contributed by atoms with E-state index < -0.39 is 0 Å². The summed E-state index contributed by atoms with van der Waals surface area (Å²) in [5, 5.41) is 4.33. The molecule has 4 heteroatoms. The van der Waals surface area contributed by atoms with Gasteiger partial charge in [0.2, 0.25) is 0 Å². The summed E-state index contributed by atoms with van der Waals surface area (Å²) in [6, 6.07) is 6.16. The van der Waals surface area contributed by atoms with E-state index in [1.54, 1.807) is 11.3 Å². The fourth-order valence-electron chi connectivity index (χ4n) is 1.59. The van der Waals surface area contributed by atoms with Crippen LogP contribution in [0.4, 0.5) is 0 Å². The minimum atomic E-state index is 0.805. The first-order valence-corrected chi connectivity index (χ1v) is 5.57. The van der Waals surface area contributed by atoms with E-state index in [9.17, 15) is 0 Å². The van der Waals surface area contributed by atoms with Crippen LogP contribution < -0.4 is 0 Å². The molecule has 0 aliphatic rings. The van der Waals surface area contributed by atoms with Crippen molar-refractivity contribution in [1.82, 2.24) is 14.5 Å². The minimum Gasteiger partial charge on any atom is -0.292 e. The van der Waals surface area contributed by atoms with E-state index in [1.807, 2.05) is 31.5 Å². The third-order valence-electron chi connectivity index (χ3n) is 2.29. The Morgan fingerprint density at radius 1 is 1.33 bits per heavy atom. The lowest BCUT2D eigenvalue weighted by Crippen LogP contribution is -1.93. The number of hydrogen-bond acceptors (Lipinski definition) is 3. The number of fused-ring (bicyclic) bond motifs is 1. The predicted molar refractivity (Wildman–Crippen MR) is 61.5 cm³/mol. The van der Waals surface area contributed by atoms with Crippen LogP contribution in [0, 0.1) is 6.92 Å². The summed E-state index contributed by atoms with van der Waals surface area (Å²) >= 11 is 1.70. The van der Waals surface area contributed by atoms with E-state index in [4.69, 9.17) is 0 Å². The van der Waals surface area contributed by atoms with Crippen molar-refractivity contribution in [2.45, 2.75) is 6.92 Å². The maximum absolute atomic E-state index is 4.45. The van der Waals surface area contributed by atoms with E-state index in [-0.39, 0.29) is 0 Å². The molecule has 74 valence electrons. The Balaban J connectivity index is 2.32. The van der Waals surface area contributed by atoms with Crippen LogP contribution in [0.1, 0.15) is 5.82 Å². The van der Waals surface area contributed by atoms with E-state index in [0.29, 0.717) is 0 Å². The van der Waals surface area contributed by atoms with E-state index in [0.717, 1.165) is 16.9 Å². The second kappa shape index (κ2) is 3.17. The summed E-state index contributed by atoms with van der Waals surface area (Å²) in [5.74, 6) is 0.805. The molecule has 0 fully saturated rings. The van der Waals surface area contributed by atoms with Gasteiger partial charge in [-0.1, -0.05) is 0 Å². The normalized spacial score (nSPS) is 11.0. The summed E-state index contributed by atoms with van der Waals surface area (Å²) in [7, 11) is 0. The van der Waals surface area contributed by atoms with Crippen LogP contribution in [-0.4, -0.2) is 14.5 Å². The van der Waals surface area contributed by atoms with Gasteiger partial charge in [0.1, 0.15) is 16.5 Å². The molecule has 0 aromatic carbocycles. The third kappa shape index (κ3) is 1.34. The van der Waals surface area contributed by atoms with Crippen molar-refractivity contribution in [1.29, 1.82) is 0 Å². The molecule has 0 bridgehead atoms. The number of aryl methyl sites for hydroxylation is 1. The highest BCUT2D eigenvalue weighted by atomic mass is 32.1. The molecular formula is C11H9N3S. The second-order valence-corrected chi connectivity index (χ2v) is 4.26. The Morgan fingerprint density at radius 3 is 3.07 bits per heavy atom. The molecule has 0 radical (unpaired) electrons. The largest absolute Gasteiger partial charge is 0.292 e. The van der Waals surface area contributed by atoms with Crippen molar-refractivity contribution in [2.24, 2.45) is 0 Å². The van der Waals surface area contributed by atoms with Gasteiger partial charge in [0, 0.05) is 17.8 Å². The van der Waals surface area contributed by atoms with E-state index >= 15 is 0 Å². The first-order valence-electron chi connectivity index (χ1n) is 4.69. The van der Waals surface area contributed by atoms with Gasteiger partial charge in [0.05, 0.1) is 0 Å². The van der Waals surface area contributed by atoms with Crippen LogP contribution in [0.3, 0.4) is 0 Å². The van der Waals surface area contributed by atoms with Gasteiger partial charge in [-0.2, -0.15) is 0 Å². The standard InChI is InChI=1S/C11H9N3S/c1-8-12-7-9-4-5-14(11(9)13-8)10-3-2-6-15-10/h2-7H,1H3. The summed E-state index contributed by atoms with van der Waals surface area (Å²) in [4.78, 5) is 8.63. The van der Waals surface area contributed by atoms with Gasteiger partial charge >= 0.3 is 0 Å². The van der Waals surface area contributed by atoms with Crippen LogP contribution in [0.25, 0.3) is 16.0 Å². The van der Waals surface area contributed by atoms with Crippen molar-refractivity contribution in [3.63, 3.8) is 0 Å². The molecular weight excluding hydrogens is 206 g/mol. The lowest BCUT2D eigenvalue weighted by atomic mass is 10.4. The Bertz CT molecular complexity index is 595. The van der Waals surface area contributed by atoms with Gasteiger partial charge in [0.25, 0.3) is 0 Å². The fraction of sp³-hybridized carbons (Fsp3) is 0.0909. The van der Waals surface area contributed by atoms with Gasteiger partial charge in [0.15, 0.2) is 0 Å². The highest BCUT2D eigenvalue weighted by Gasteiger charge is 2.05. The molecule has 3 rings (SSSR count).